The van der Waals surface area contributed by atoms with E-state index in [0.717, 1.165) is 83.6 Å². The summed E-state index contributed by atoms with van der Waals surface area (Å²) in [5.41, 5.74) is 18.8. The first-order chi connectivity index (χ1) is 41.6. The quantitative estimate of drug-likeness (QED) is 0.140. The molecule has 0 saturated carbocycles. The number of nitrogens with zero attached hydrogens (tertiary/aromatic N) is 2. The normalized spacial score (nSPS) is 14.5. The van der Waals surface area contributed by atoms with Gasteiger partial charge in [0.25, 0.3) is 6.71 Å². The summed E-state index contributed by atoms with van der Waals surface area (Å²) < 4.78 is 90.0. The van der Waals surface area contributed by atoms with Crippen molar-refractivity contribution in [1.29, 1.82) is 0 Å². The SMILES string of the molecule is [2H]c1c([2H])c([2H])c(-c2ccccc2N2c3cc(-c4ccccc4-c4ccc(C(C)(C)C)cc4)ccc3B3c4ccc(-c5ccccc5-c5ccc(C(C)(C)C)cc5)cc4N(c4ccccc4-c4c([2H])c([2H])c([2H])c([2H])c4[2H])c4cccc2c43)c([2H])c1[2H]. The molecule has 0 bridgehead atoms. The second-order valence-electron chi connectivity index (χ2n) is 22.1. The van der Waals surface area contributed by atoms with E-state index in [9.17, 15) is 5.48 Å². The molecule has 13 rings (SSSR count). The highest BCUT2D eigenvalue weighted by Crippen LogP contribution is 2.50. The third-order valence-corrected chi connectivity index (χ3v) is 15.4. The van der Waals surface area contributed by atoms with E-state index in [1.807, 2.05) is 54.6 Å². The molecule has 2 heterocycles. The van der Waals surface area contributed by atoms with E-state index in [2.05, 4.69) is 197 Å². The summed E-state index contributed by atoms with van der Waals surface area (Å²) in [7, 11) is 0. The van der Waals surface area contributed by atoms with E-state index in [-0.39, 0.29) is 46.1 Å². The van der Waals surface area contributed by atoms with Gasteiger partial charge in [0.05, 0.1) is 25.1 Å². The third kappa shape index (κ3) is 8.48. The van der Waals surface area contributed by atoms with Crippen LogP contribution in [0.3, 0.4) is 0 Å². The fraction of sp³-hybridized carbons (Fsp3) is 0.108. The van der Waals surface area contributed by atoms with Gasteiger partial charge < -0.3 is 9.80 Å². The van der Waals surface area contributed by atoms with Crippen molar-refractivity contribution < 1.29 is 13.7 Å². The number of anilines is 6. The second kappa shape index (κ2) is 19.0. The van der Waals surface area contributed by atoms with Gasteiger partial charge in [-0.15, -0.1) is 0 Å². The van der Waals surface area contributed by atoms with Crippen LogP contribution in [0.1, 0.15) is 66.4 Å². The minimum atomic E-state index is -0.477. The first kappa shape index (κ1) is 37.8. The van der Waals surface area contributed by atoms with Crippen LogP contribution in [-0.4, -0.2) is 6.71 Å². The Morgan fingerprint density at radius 2 is 0.623 bits per heavy atom. The molecule has 0 spiro atoms. The standard InChI is InChI=1S/C74H61BN2/c1-73(2,3)56-42-36-52(37-43-56)58-26-13-15-28-60(58)54-40-46-64-70(48-54)76(66-32-19-17-30-62(66)50-22-9-7-10-23-50)68-34-21-35-69-72(68)75(64)65-47-41-55(61-29-16-14-27-59(61)53-38-44-57(45-39-53)74(4,5)6)49-71(65)77(69)67-33-20-18-31-63(67)51-24-11-8-12-25-51/h7-49H,1-6H3/i7D,8D,9D,10D,11D,12D,22D,23D,24D,25D. The van der Waals surface area contributed by atoms with Crippen molar-refractivity contribution in [3.8, 4) is 66.8 Å². The Bertz CT molecular complexity index is 4280. The van der Waals surface area contributed by atoms with Gasteiger partial charge in [-0.3, -0.25) is 0 Å². The van der Waals surface area contributed by atoms with E-state index < -0.39 is 43.0 Å². The molecule has 11 aromatic carbocycles. The molecule has 0 radical (unpaired) electrons. The maximum absolute atomic E-state index is 9.35. The number of hydrogen-bond acceptors (Lipinski definition) is 2. The zero-order chi connectivity index (χ0) is 61.1. The van der Waals surface area contributed by atoms with Crippen molar-refractivity contribution in [3.63, 3.8) is 0 Å². The Kier molecular flexibility index (Phi) is 9.33. The van der Waals surface area contributed by atoms with Crippen LogP contribution in [-0.2, 0) is 10.8 Å². The lowest BCUT2D eigenvalue weighted by molar-refractivity contribution is 0.590. The number of rotatable bonds is 8. The van der Waals surface area contributed by atoms with Gasteiger partial charge >= 0.3 is 0 Å². The van der Waals surface area contributed by atoms with Crippen LogP contribution in [0.2, 0.25) is 0 Å². The molecule has 0 aromatic heterocycles. The molecule has 0 fully saturated rings. The van der Waals surface area contributed by atoms with Crippen LogP contribution < -0.4 is 26.2 Å². The van der Waals surface area contributed by atoms with Gasteiger partial charge in [-0.2, -0.15) is 0 Å². The Balaban J connectivity index is 1.11. The first-order valence-corrected chi connectivity index (χ1v) is 26.4. The van der Waals surface area contributed by atoms with Crippen molar-refractivity contribution >= 4 is 57.2 Å². The molecule has 0 N–H and O–H groups in total. The lowest BCUT2D eigenvalue weighted by Crippen LogP contribution is -2.61. The monoisotopic (exact) mass is 999 g/mol. The second-order valence-corrected chi connectivity index (χ2v) is 22.1. The van der Waals surface area contributed by atoms with E-state index in [0.29, 0.717) is 22.5 Å². The lowest BCUT2D eigenvalue weighted by Gasteiger charge is -2.45. The van der Waals surface area contributed by atoms with Crippen molar-refractivity contribution in [2.45, 2.75) is 52.4 Å². The highest BCUT2D eigenvalue weighted by molar-refractivity contribution is 7.00. The maximum Gasteiger partial charge on any atom is 0.252 e. The van der Waals surface area contributed by atoms with Crippen molar-refractivity contribution in [2.75, 3.05) is 9.80 Å². The number of para-hydroxylation sites is 2. The molecule has 2 nitrogen and oxygen atoms in total. The topological polar surface area (TPSA) is 6.48 Å². The van der Waals surface area contributed by atoms with E-state index in [1.165, 1.54) is 11.1 Å². The molecule has 0 amide bonds. The molecular formula is C74H61BN2. The van der Waals surface area contributed by atoms with Crippen LogP contribution in [0.15, 0.2) is 261 Å². The van der Waals surface area contributed by atoms with E-state index >= 15 is 0 Å². The lowest BCUT2D eigenvalue weighted by atomic mass is 9.33. The fourth-order valence-corrected chi connectivity index (χ4v) is 11.6. The van der Waals surface area contributed by atoms with Crippen LogP contribution >= 0.6 is 0 Å². The predicted octanol–water partition coefficient (Wildman–Crippen LogP) is 18.4. The molecular weight excluding hydrogens is 928 g/mol. The Hall–Kier alpha value is -8.92. The van der Waals surface area contributed by atoms with Gasteiger partial charge in [0, 0.05) is 33.9 Å². The van der Waals surface area contributed by atoms with Gasteiger partial charge in [-0.25, -0.2) is 0 Å². The highest BCUT2D eigenvalue weighted by atomic mass is 15.2. The first-order valence-electron chi connectivity index (χ1n) is 31.4. The molecule has 2 aliphatic rings. The summed E-state index contributed by atoms with van der Waals surface area (Å²) in [6, 6.07) is 64.8. The van der Waals surface area contributed by atoms with Crippen molar-refractivity contribution in [3.05, 3.63) is 272 Å². The summed E-state index contributed by atoms with van der Waals surface area (Å²) in [5.74, 6) is 0. The van der Waals surface area contributed by atoms with Gasteiger partial charge in [-0.1, -0.05) is 266 Å². The average molecular weight is 999 g/mol. The van der Waals surface area contributed by atoms with Crippen molar-refractivity contribution in [1.82, 2.24) is 0 Å². The molecule has 0 atom stereocenters. The molecule has 3 heteroatoms. The van der Waals surface area contributed by atoms with E-state index in [1.54, 1.807) is 0 Å². The van der Waals surface area contributed by atoms with Crippen molar-refractivity contribution in [2.24, 2.45) is 0 Å². The van der Waals surface area contributed by atoms with Gasteiger partial charge in [0.2, 0.25) is 0 Å². The summed E-state index contributed by atoms with van der Waals surface area (Å²) in [6.45, 7) is 12.9. The molecule has 11 aromatic rings. The Labute approximate surface area is 469 Å². The van der Waals surface area contributed by atoms with Gasteiger partial charge in [-0.05, 0) is 130 Å². The average Bonchev–Trinajstić information content (AvgIpc) is 0.708. The van der Waals surface area contributed by atoms with E-state index in [4.69, 9.17) is 8.22 Å². The van der Waals surface area contributed by atoms with Gasteiger partial charge in [0.1, 0.15) is 0 Å². The van der Waals surface area contributed by atoms with Gasteiger partial charge in [0.15, 0.2) is 0 Å². The molecule has 0 aliphatic carbocycles. The third-order valence-electron chi connectivity index (χ3n) is 15.4. The summed E-state index contributed by atoms with van der Waals surface area (Å²) in [6.07, 6.45) is 0. The Morgan fingerprint density at radius 1 is 0.299 bits per heavy atom. The predicted molar refractivity (Wildman–Crippen MR) is 330 cm³/mol. The molecule has 370 valence electrons. The zero-order valence-corrected chi connectivity index (χ0v) is 44.0. The maximum atomic E-state index is 9.35. The van der Waals surface area contributed by atoms with Crippen LogP contribution in [0.25, 0.3) is 66.8 Å². The summed E-state index contributed by atoms with van der Waals surface area (Å²) in [4.78, 5) is 4.34. The van der Waals surface area contributed by atoms with Crippen LogP contribution in [0.5, 0.6) is 0 Å². The fourth-order valence-electron chi connectivity index (χ4n) is 11.6. The molecule has 0 unspecified atom stereocenters. The minimum absolute atomic E-state index is 0.0327. The van der Waals surface area contributed by atoms with Crippen LogP contribution in [0.4, 0.5) is 34.1 Å². The summed E-state index contributed by atoms with van der Waals surface area (Å²) in [5, 5.41) is 0. The number of hydrogen-bond donors (Lipinski definition) is 0. The smallest absolute Gasteiger partial charge is 0.252 e. The number of fused-ring (bicyclic) bond motifs is 4. The largest absolute Gasteiger partial charge is 0.311 e. The highest BCUT2D eigenvalue weighted by Gasteiger charge is 2.44. The van der Waals surface area contributed by atoms with Crippen LogP contribution in [0, 0.1) is 0 Å². The molecule has 77 heavy (non-hydrogen) atoms. The molecule has 0 saturated heterocycles. The summed E-state index contributed by atoms with van der Waals surface area (Å²) >= 11 is 0. The Morgan fingerprint density at radius 3 is 1.00 bits per heavy atom. The minimum Gasteiger partial charge on any atom is -0.311 e. The molecule has 2 aliphatic heterocycles. The number of benzene rings is 11. The zero-order valence-electron chi connectivity index (χ0n) is 54.0.